The van der Waals surface area contributed by atoms with Gasteiger partial charge >= 0.3 is 12.3 Å². The summed E-state index contributed by atoms with van der Waals surface area (Å²) < 4.78 is 46.6. The molecule has 2 amide bonds. The van der Waals surface area contributed by atoms with E-state index in [9.17, 15) is 27.6 Å². The Hall–Kier alpha value is -4.46. The molecule has 10 nitrogen and oxygen atoms in total. The van der Waals surface area contributed by atoms with Crippen molar-refractivity contribution >= 4 is 51.2 Å². The van der Waals surface area contributed by atoms with E-state index in [1.807, 2.05) is 0 Å². The van der Waals surface area contributed by atoms with E-state index < -0.39 is 29.9 Å². The Morgan fingerprint density at radius 1 is 1.06 bits per heavy atom. The topological polar surface area (TPSA) is 135 Å². The summed E-state index contributed by atoms with van der Waals surface area (Å²) in [6.45, 7) is 1.92. The van der Waals surface area contributed by atoms with Crippen molar-refractivity contribution in [3.8, 4) is 5.75 Å². The molecule has 0 unspecified atom stereocenters. The second-order valence-electron chi connectivity index (χ2n) is 7.03. The number of alkyl halides is 3. The molecule has 4 aromatic rings. The number of amides is 2. The number of benzene rings is 2. The van der Waals surface area contributed by atoms with Gasteiger partial charge in [0.2, 0.25) is 5.95 Å². The number of aromatic amines is 1. The summed E-state index contributed by atoms with van der Waals surface area (Å²) in [5.74, 6) is -2.63. The minimum Gasteiger partial charge on any atom is -0.462 e. The van der Waals surface area contributed by atoms with Gasteiger partial charge in [0.05, 0.1) is 28.8 Å². The number of carbonyl (C=O) groups excluding carboxylic acids is 3. The fraction of sp³-hybridized carbons (Fsp3) is 0.136. The lowest BCUT2D eigenvalue weighted by atomic mass is 10.2. The number of carbonyl (C=O) groups is 3. The summed E-state index contributed by atoms with van der Waals surface area (Å²) in [5, 5.41) is 6.20. The van der Waals surface area contributed by atoms with Crippen LogP contribution in [-0.4, -0.2) is 45.7 Å². The number of anilines is 2. The Morgan fingerprint density at radius 3 is 2.58 bits per heavy atom. The van der Waals surface area contributed by atoms with Crippen LogP contribution in [0, 0.1) is 0 Å². The summed E-state index contributed by atoms with van der Waals surface area (Å²) in [7, 11) is 0. The fourth-order valence-corrected chi connectivity index (χ4v) is 3.74. The Morgan fingerprint density at radius 2 is 1.83 bits per heavy atom. The molecule has 4 rings (SSSR count). The molecule has 14 heteroatoms. The monoisotopic (exact) mass is 519 g/mol. The van der Waals surface area contributed by atoms with E-state index in [1.165, 1.54) is 23.6 Å². The third-order valence-electron chi connectivity index (χ3n) is 4.54. The largest absolute Gasteiger partial charge is 0.573 e. The first-order valence-corrected chi connectivity index (χ1v) is 11.1. The average Bonchev–Trinajstić information content (AvgIpc) is 3.44. The number of fused-ring (bicyclic) bond motifs is 1. The van der Waals surface area contributed by atoms with Gasteiger partial charge in [0.1, 0.15) is 11.4 Å². The van der Waals surface area contributed by atoms with E-state index in [4.69, 9.17) is 4.74 Å². The zero-order valence-corrected chi connectivity index (χ0v) is 19.1. The number of imidazole rings is 1. The van der Waals surface area contributed by atoms with Gasteiger partial charge in [-0.25, -0.2) is 14.8 Å². The lowest BCUT2D eigenvalue weighted by Crippen LogP contribution is -2.21. The minimum absolute atomic E-state index is 0.0179. The van der Waals surface area contributed by atoms with Crippen LogP contribution in [0.1, 0.15) is 38.1 Å². The third kappa shape index (κ3) is 5.78. The Kier molecular flexibility index (Phi) is 6.87. The molecule has 186 valence electrons. The standard InChI is InChI=1S/C22H16F3N5O5S/c1-2-34-19(33)11-7-8-13-14(9-11)27-20(26-13)29-18(32)15-10-36-21(28-15)30-17(31)12-5-3-4-6-16(12)35-22(23,24)25/h3-10H,2H2,1H3,(H,28,30,31)(H2,26,27,29,32). The summed E-state index contributed by atoms with van der Waals surface area (Å²) in [6, 6.07) is 9.50. The highest BCUT2D eigenvalue weighted by molar-refractivity contribution is 7.14. The van der Waals surface area contributed by atoms with E-state index >= 15 is 0 Å². The lowest BCUT2D eigenvalue weighted by Gasteiger charge is -2.12. The molecule has 3 N–H and O–H groups in total. The smallest absolute Gasteiger partial charge is 0.462 e. The number of halogens is 3. The first-order valence-electron chi connectivity index (χ1n) is 10.2. The minimum atomic E-state index is -4.97. The maximum absolute atomic E-state index is 12.6. The normalized spacial score (nSPS) is 11.2. The van der Waals surface area contributed by atoms with Gasteiger partial charge in [0.25, 0.3) is 11.8 Å². The van der Waals surface area contributed by atoms with Gasteiger partial charge in [-0.1, -0.05) is 12.1 Å². The number of ether oxygens (including phenoxy) is 2. The average molecular weight is 519 g/mol. The molecule has 0 aliphatic rings. The van der Waals surface area contributed by atoms with Gasteiger partial charge in [-0.05, 0) is 37.3 Å². The molecule has 0 aliphatic carbocycles. The summed E-state index contributed by atoms with van der Waals surface area (Å²) >= 11 is 0.896. The van der Waals surface area contributed by atoms with Crippen molar-refractivity contribution in [3.63, 3.8) is 0 Å². The molecule has 2 aromatic carbocycles. The molecular weight excluding hydrogens is 503 g/mol. The molecule has 2 heterocycles. The van der Waals surface area contributed by atoms with Crippen LogP contribution in [0.15, 0.2) is 47.8 Å². The van der Waals surface area contributed by atoms with E-state index in [1.54, 1.807) is 19.1 Å². The van der Waals surface area contributed by atoms with Crippen LogP contribution in [0.4, 0.5) is 24.3 Å². The van der Waals surface area contributed by atoms with Crippen LogP contribution in [0.25, 0.3) is 11.0 Å². The molecule has 36 heavy (non-hydrogen) atoms. The number of thiazole rings is 1. The van der Waals surface area contributed by atoms with Gasteiger partial charge in [-0.3, -0.25) is 20.2 Å². The number of nitrogens with one attached hydrogen (secondary N) is 3. The lowest BCUT2D eigenvalue weighted by molar-refractivity contribution is -0.274. The van der Waals surface area contributed by atoms with Gasteiger partial charge in [-0.2, -0.15) is 0 Å². The Bertz CT molecular complexity index is 1450. The molecular formula is C22H16F3N5O5S. The highest BCUT2D eigenvalue weighted by Gasteiger charge is 2.33. The number of para-hydroxylation sites is 1. The number of rotatable bonds is 7. The van der Waals surface area contributed by atoms with Crippen LogP contribution in [0.3, 0.4) is 0 Å². The van der Waals surface area contributed by atoms with Crippen LogP contribution in [0.5, 0.6) is 5.75 Å². The maximum Gasteiger partial charge on any atom is 0.573 e. The summed E-state index contributed by atoms with van der Waals surface area (Å²) in [5.41, 5.74) is 0.863. The quantitative estimate of drug-likeness (QED) is 0.304. The van der Waals surface area contributed by atoms with Crippen molar-refractivity contribution in [2.45, 2.75) is 13.3 Å². The molecule has 0 radical (unpaired) electrons. The van der Waals surface area contributed by atoms with Gasteiger partial charge < -0.3 is 14.5 Å². The van der Waals surface area contributed by atoms with Crippen LogP contribution in [0.2, 0.25) is 0 Å². The maximum atomic E-state index is 12.6. The fourth-order valence-electron chi connectivity index (χ4n) is 3.05. The van der Waals surface area contributed by atoms with Crippen molar-refractivity contribution in [1.82, 2.24) is 15.0 Å². The van der Waals surface area contributed by atoms with E-state index in [0.717, 1.165) is 23.5 Å². The number of H-pyrrole nitrogens is 1. The zero-order chi connectivity index (χ0) is 25.9. The van der Waals surface area contributed by atoms with E-state index in [-0.39, 0.29) is 28.9 Å². The van der Waals surface area contributed by atoms with Crippen molar-refractivity contribution < 1.29 is 37.0 Å². The molecule has 0 spiro atoms. The molecule has 0 saturated heterocycles. The number of hydrogen-bond acceptors (Lipinski definition) is 8. The molecule has 0 fully saturated rings. The van der Waals surface area contributed by atoms with E-state index in [2.05, 4.69) is 30.3 Å². The first-order chi connectivity index (χ1) is 17.1. The third-order valence-corrected chi connectivity index (χ3v) is 5.30. The number of hydrogen-bond donors (Lipinski definition) is 3. The molecule has 0 aliphatic heterocycles. The van der Waals surface area contributed by atoms with Crippen molar-refractivity contribution in [1.29, 1.82) is 0 Å². The SMILES string of the molecule is CCOC(=O)c1ccc2nc(NC(=O)c3csc(NC(=O)c4ccccc4OC(F)(F)F)n3)[nH]c2c1. The van der Waals surface area contributed by atoms with Crippen molar-refractivity contribution in [3.05, 3.63) is 64.7 Å². The highest BCUT2D eigenvalue weighted by Crippen LogP contribution is 2.27. The molecule has 0 atom stereocenters. The second-order valence-corrected chi connectivity index (χ2v) is 7.89. The summed E-state index contributed by atoms with van der Waals surface area (Å²) in [6.07, 6.45) is -4.97. The predicted octanol–water partition coefficient (Wildman–Crippen LogP) is 4.60. The molecule has 2 aromatic heterocycles. The summed E-state index contributed by atoms with van der Waals surface area (Å²) in [4.78, 5) is 48.0. The van der Waals surface area contributed by atoms with Gasteiger partial charge in [0.15, 0.2) is 5.13 Å². The number of nitrogens with zero attached hydrogens (tertiary/aromatic N) is 2. The van der Waals surface area contributed by atoms with Crippen LogP contribution >= 0.6 is 11.3 Å². The van der Waals surface area contributed by atoms with Gasteiger partial charge in [0, 0.05) is 5.38 Å². The van der Waals surface area contributed by atoms with Crippen LogP contribution < -0.4 is 15.4 Å². The van der Waals surface area contributed by atoms with E-state index in [0.29, 0.717) is 16.6 Å². The number of aromatic nitrogens is 3. The second kappa shape index (κ2) is 10.0. The highest BCUT2D eigenvalue weighted by atomic mass is 32.1. The van der Waals surface area contributed by atoms with Gasteiger partial charge in [-0.15, -0.1) is 24.5 Å². The Balaban J connectivity index is 1.44. The Labute approximate surface area is 204 Å². The molecule has 0 bridgehead atoms. The first kappa shape index (κ1) is 24.7. The van der Waals surface area contributed by atoms with Crippen molar-refractivity contribution in [2.75, 3.05) is 17.2 Å². The predicted molar refractivity (Wildman–Crippen MR) is 123 cm³/mol. The molecule has 0 saturated carbocycles. The zero-order valence-electron chi connectivity index (χ0n) is 18.3. The van der Waals surface area contributed by atoms with Crippen LogP contribution in [-0.2, 0) is 4.74 Å². The number of esters is 1. The van der Waals surface area contributed by atoms with Crippen molar-refractivity contribution in [2.24, 2.45) is 0 Å².